The number of amidine groups is 1. The molecule has 6 heteroatoms. The third kappa shape index (κ3) is 3.47. The van der Waals surface area contributed by atoms with Gasteiger partial charge in [0.15, 0.2) is 0 Å². The number of sulfonamides is 1. The molecule has 1 aromatic rings. The monoisotopic (exact) mass is 281 g/mol. The SMILES string of the molecule is CN1CCCCC/C1=N/S(=O)(=O)c1ccc(N)cc1. The highest BCUT2D eigenvalue weighted by Gasteiger charge is 2.17. The van der Waals surface area contributed by atoms with E-state index in [1.165, 1.54) is 12.1 Å². The molecule has 0 aromatic heterocycles. The summed E-state index contributed by atoms with van der Waals surface area (Å²) in [4.78, 5) is 2.12. The highest BCUT2D eigenvalue weighted by atomic mass is 32.2. The second kappa shape index (κ2) is 5.61. The van der Waals surface area contributed by atoms with Crippen LogP contribution in [-0.4, -0.2) is 32.7 Å². The van der Waals surface area contributed by atoms with Crippen LogP contribution >= 0.6 is 0 Å². The fourth-order valence-electron chi connectivity index (χ4n) is 2.08. The molecule has 0 spiro atoms. The Kier molecular flexibility index (Phi) is 4.09. The number of rotatable bonds is 2. The van der Waals surface area contributed by atoms with E-state index in [1.54, 1.807) is 12.1 Å². The Balaban J connectivity index is 2.31. The molecule has 0 atom stereocenters. The molecule has 19 heavy (non-hydrogen) atoms. The maximum atomic E-state index is 12.2. The second-order valence-corrected chi connectivity index (χ2v) is 6.39. The summed E-state index contributed by atoms with van der Waals surface area (Å²) < 4.78 is 28.4. The Hall–Kier alpha value is -1.56. The summed E-state index contributed by atoms with van der Waals surface area (Å²) >= 11 is 0. The van der Waals surface area contributed by atoms with Gasteiger partial charge in [0.05, 0.1) is 4.90 Å². The molecule has 1 saturated heterocycles. The van der Waals surface area contributed by atoms with Gasteiger partial charge in [-0.15, -0.1) is 4.40 Å². The van der Waals surface area contributed by atoms with E-state index in [-0.39, 0.29) is 4.90 Å². The Morgan fingerprint density at radius 2 is 1.84 bits per heavy atom. The minimum absolute atomic E-state index is 0.187. The van der Waals surface area contributed by atoms with Crippen molar-refractivity contribution in [1.82, 2.24) is 4.90 Å². The predicted octanol–water partition coefficient (Wildman–Crippen LogP) is 1.86. The van der Waals surface area contributed by atoms with Gasteiger partial charge in [0.25, 0.3) is 10.0 Å². The van der Waals surface area contributed by atoms with Crippen LogP contribution in [0.5, 0.6) is 0 Å². The van der Waals surface area contributed by atoms with Crippen molar-refractivity contribution in [1.29, 1.82) is 0 Å². The second-order valence-electron chi connectivity index (χ2n) is 4.78. The molecular weight excluding hydrogens is 262 g/mol. The molecule has 0 aliphatic carbocycles. The van der Waals surface area contributed by atoms with Gasteiger partial charge in [-0.3, -0.25) is 0 Å². The van der Waals surface area contributed by atoms with Crippen LogP contribution in [0.15, 0.2) is 33.6 Å². The molecule has 1 fully saturated rings. The standard InChI is InChI=1S/C13H19N3O2S/c1-16-10-4-2-3-5-13(16)15-19(17,18)12-8-6-11(14)7-9-12/h6-9H,2-5,10,14H2,1H3/b15-13-. The Morgan fingerprint density at radius 1 is 1.16 bits per heavy atom. The number of hydrogen-bond acceptors (Lipinski definition) is 3. The lowest BCUT2D eigenvalue weighted by molar-refractivity contribution is 0.494. The number of benzene rings is 1. The Bertz CT molecular complexity index is 564. The highest BCUT2D eigenvalue weighted by molar-refractivity contribution is 7.90. The highest BCUT2D eigenvalue weighted by Crippen LogP contribution is 2.17. The zero-order valence-electron chi connectivity index (χ0n) is 11.0. The van der Waals surface area contributed by atoms with Crippen molar-refractivity contribution in [3.63, 3.8) is 0 Å². The number of nitrogens with zero attached hydrogens (tertiary/aromatic N) is 2. The molecule has 0 unspecified atom stereocenters. The first-order valence-corrected chi connectivity index (χ1v) is 7.83. The molecule has 1 heterocycles. The molecule has 0 amide bonds. The van der Waals surface area contributed by atoms with Crippen molar-refractivity contribution in [2.45, 2.75) is 30.6 Å². The van der Waals surface area contributed by atoms with Gasteiger partial charge in [-0.1, -0.05) is 6.42 Å². The first-order chi connectivity index (χ1) is 8.99. The summed E-state index contributed by atoms with van der Waals surface area (Å²) in [6.07, 6.45) is 3.90. The Labute approximate surface area is 114 Å². The average molecular weight is 281 g/mol. The summed E-state index contributed by atoms with van der Waals surface area (Å²) in [6, 6.07) is 6.13. The van der Waals surface area contributed by atoms with Crippen molar-refractivity contribution >= 4 is 21.5 Å². The molecule has 0 radical (unpaired) electrons. The van der Waals surface area contributed by atoms with E-state index in [2.05, 4.69) is 4.40 Å². The van der Waals surface area contributed by atoms with Crippen molar-refractivity contribution in [2.24, 2.45) is 4.40 Å². The fourth-order valence-corrected chi connectivity index (χ4v) is 3.17. The lowest BCUT2D eigenvalue weighted by Gasteiger charge is -2.17. The first kappa shape index (κ1) is 13.9. The molecule has 5 nitrogen and oxygen atoms in total. The van der Waals surface area contributed by atoms with Gasteiger partial charge in [0.1, 0.15) is 5.84 Å². The number of hydrogen-bond donors (Lipinski definition) is 1. The molecule has 2 rings (SSSR count). The maximum absolute atomic E-state index is 12.2. The van der Waals surface area contributed by atoms with Crippen LogP contribution in [0.25, 0.3) is 0 Å². The average Bonchev–Trinajstić information content (AvgIpc) is 2.55. The number of likely N-dealkylation sites (tertiary alicyclic amines) is 1. The zero-order valence-corrected chi connectivity index (χ0v) is 11.9. The Morgan fingerprint density at radius 3 is 2.53 bits per heavy atom. The quantitative estimate of drug-likeness (QED) is 0.840. The van der Waals surface area contributed by atoms with Crippen LogP contribution in [-0.2, 0) is 10.0 Å². The van der Waals surface area contributed by atoms with E-state index < -0.39 is 10.0 Å². The summed E-state index contributed by atoms with van der Waals surface area (Å²) in [6.45, 7) is 0.857. The normalized spacial score (nSPS) is 19.4. The summed E-state index contributed by atoms with van der Waals surface area (Å²) in [5.74, 6) is 0.648. The molecule has 1 aliphatic heterocycles. The van der Waals surface area contributed by atoms with E-state index in [0.29, 0.717) is 17.9 Å². The first-order valence-electron chi connectivity index (χ1n) is 6.39. The number of anilines is 1. The summed E-state index contributed by atoms with van der Waals surface area (Å²) in [7, 11) is -1.74. The van der Waals surface area contributed by atoms with Crippen LogP contribution < -0.4 is 5.73 Å². The van der Waals surface area contributed by atoms with Crippen LogP contribution in [0.4, 0.5) is 5.69 Å². The predicted molar refractivity (Wildman–Crippen MR) is 76.6 cm³/mol. The zero-order chi connectivity index (χ0) is 13.9. The van der Waals surface area contributed by atoms with Crippen molar-refractivity contribution < 1.29 is 8.42 Å². The van der Waals surface area contributed by atoms with E-state index in [1.807, 2.05) is 11.9 Å². The van der Waals surface area contributed by atoms with Crippen LogP contribution in [0.2, 0.25) is 0 Å². The molecule has 0 saturated carbocycles. The van der Waals surface area contributed by atoms with Crippen LogP contribution in [0.3, 0.4) is 0 Å². The largest absolute Gasteiger partial charge is 0.399 e. The summed E-state index contributed by atoms with van der Waals surface area (Å²) in [5, 5.41) is 0. The van der Waals surface area contributed by atoms with Crippen molar-refractivity contribution in [2.75, 3.05) is 19.3 Å². The maximum Gasteiger partial charge on any atom is 0.283 e. The minimum atomic E-state index is -3.64. The van der Waals surface area contributed by atoms with Gasteiger partial charge < -0.3 is 10.6 Å². The van der Waals surface area contributed by atoms with Crippen LogP contribution in [0.1, 0.15) is 25.7 Å². The smallest absolute Gasteiger partial charge is 0.283 e. The van der Waals surface area contributed by atoms with Crippen molar-refractivity contribution in [3.8, 4) is 0 Å². The van der Waals surface area contributed by atoms with E-state index in [9.17, 15) is 8.42 Å². The van der Waals surface area contributed by atoms with E-state index in [4.69, 9.17) is 5.73 Å². The third-order valence-corrected chi connectivity index (χ3v) is 4.56. The van der Waals surface area contributed by atoms with Gasteiger partial charge in [0.2, 0.25) is 0 Å². The van der Waals surface area contributed by atoms with E-state index in [0.717, 1.165) is 25.8 Å². The van der Waals surface area contributed by atoms with Crippen LogP contribution in [0, 0.1) is 0 Å². The fraction of sp³-hybridized carbons (Fsp3) is 0.462. The van der Waals surface area contributed by atoms with Crippen molar-refractivity contribution in [3.05, 3.63) is 24.3 Å². The van der Waals surface area contributed by atoms with E-state index >= 15 is 0 Å². The van der Waals surface area contributed by atoms with Gasteiger partial charge in [-0.05, 0) is 37.1 Å². The number of nitrogens with two attached hydrogens (primary N) is 1. The van der Waals surface area contributed by atoms with Gasteiger partial charge in [0, 0.05) is 25.7 Å². The molecule has 104 valence electrons. The van der Waals surface area contributed by atoms with Gasteiger partial charge in [-0.25, -0.2) is 0 Å². The van der Waals surface area contributed by atoms with Gasteiger partial charge in [-0.2, -0.15) is 8.42 Å². The molecule has 1 aromatic carbocycles. The lowest BCUT2D eigenvalue weighted by Crippen LogP contribution is -2.26. The van der Waals surface area contributed by atoms with Gasteiger partial charge >= 0.3 is 0 Å². The molecule has 1 aliphatic rings. The molecule has 0 bridgehead atoms. The lowest BCUT2D eigenvalue weighted by atomic mass is 10.2. The molecular formula is C13H19N3O2S. The topological polar surface area (TPSA) is 75.8 Å². The third-order valence-electron chi connectivity index (χ3n) is 3.24. The summed E-state index contributed by atoms with van der Waals surface area (Å²) in [5.41, 5.74) is 6.10. The molecule has 2 N–H and O–H groups in total. The minimum Gasteiger partial charge on any atom is -0.399 e. The number of nitrogen functional groups attached to an aromatic ring is 1.